The summed E-state index contributed by atoms with van der Waals surface area (Å²) in [4.78, 5) is 23.6. The first-order chi connectivity index (χ1) is 11.0. The number of aromatic nitrogens is 2. The van der Waals surface area contributed by atoms with Crippen molar-refractivity contribution in [2.45, 2.75) is 13.0 Å². The minimum Gasteiger partial charge on any atom is -0.480 e. The van der Waals surface area contributed by atoms with Crippen LogP contribution in [-0.4, -0.2) is 71.9 Å². The number of fused-ring (bicyclic) bond motifs is 1. The summed E-state index contributed by atoms with van der Waals surface area (Å²) in [5, 5.41) is 11.0. The molecule has 1 unspecified atom stereocenters. The molecule has 1 atom stereocenters. The fraction of sp³-hybridized carbons (Fsp3) is 0.533. The second-order valence-electron chi connectivity index (χ2n) is 5.82. The first-order valence-electron chi connectivity index (χ1n) is 7.50. The largest absolute Gasteiger partial charge is 0.480 e. The number of carboxylic acid groups (broad SMARTS) is 1. The average Bonchev–Trinajstić information content (AvgIpc) is 2.88. The van der Waals surface area contributed by atoms with Crippen molar-refractivity contribution in [2.24, 2.45) is 0 Å². The SMILES string of the molecule is Cc1csc2c(N3CCOC(CN(C)CC(=O)O)C3)ncnc12. The number of carboxylic acids is 1. The lowest BCUT2D eigenvalue weighted by atomic mass is 10.2. The molecule has 1 aliphatic rings. The zero-order chi connectivity index (χ0) is 16.4. The minimum atomic E-state index is -0.827. The first kappa shape index (κ1) is 16.1. The first-order valence-corrected chi connectivity index (χ1v) is 8.38. The third-order valence-electron chi connectivity index (χ3n) is 3.87. The maximum absolute atomic E-state index is 10.8. The van der Waals surface area contributed by atoms with Gasteiger partial charge in [0.2, 0.25) is 0 Å². The molecule has 0 spiro atoms. The molecule has 0 aromatic carbocycles. The molecule has 2 aromatic heterocycles. The van der Waals surface area contributed by atoms with Gasteiger partial charge in [0.25, 0.3) is 0 Å². The molecule has 1 saturated heterocycles. The predicted octanol–water partition coefficient (Wildman–Crippen LogP) is 1.22. The van der Waals surface area contributed by atoms with E-state index in [0.29, 0.717) is 19.7 Å². The van der Waals surface area contributed by atoms with Crippen LogP contribution < -0.4 is 4.90 Å². The number of morpholine rings is 1. The van der Waals surface area contributed by atoms with E-state index in [9.17, 15) is 4.79 Å². The van der Waals surface area contributed by atoms with E-state index in [4.69, 9.17) is 9.84 Å². The minimum absolute atomic E-state index is 0.0156. The Balaban J connectivity index is 1.74. The molecular formula is C15H20N4O3S. The molecule has 2 aromatic rings. The Kier molecular flexibility index (Phi) is 4.74. The maximum Gasteiger partial charge on any atom is 0.317 e. The quantitative estimate of drug-likeness (QED) is 0.879. The summed E-state index contributed by atoms with van der Waals surface area (Å²) in [5.74, 6) is 0.119. The highest BCUT2D eigenvalue weighted by molar-refractivity contribution is 7.18. The number of nitrogens with zero attached hydrogens (tertiary/aromatic N) is 4. The zero-order valence-electron chi connectivity index (χ0n) is 13.2. The Hall–Kier alpha value is -1.77. The number of likely N-dealkylation sites (N-methyl/N-ethyl adjacent to an activating group) is 1. The van der Waals surface area contributed by atoms with Crippen molar-refractivity contribution < 1.29 is 14.6 Å². The number of carbonyl (C=O) groups is 1. The molecule has 124 valence electrons. The van der Waals surface area contributed by atoms with E-state index in [2.05, 4.69) is 27.2 Å². The topological polar surface area (TPSA) is 78.8 Å². The molecule has 1 N–H and O–H groups in total. The summed E-state index contributed by atoms with van der Waals surface area (Å²) in [6, 6.07) is 0. The smallest absolute Gasteiger partial charge is 0.317 e. The number of hydrogen-bond donors (Lipinski definition) is 1. The molecular weight excluding hydrogens is 316 g/mol. The van der Waals surface area contributed by atoms with Crippen LogP contribution in [0.1, 0.15) is 5.56 Å². The summed E-state index contributed by atoms with van der Waals surface area (Å²) >= 11 is 1.66. The number of aliphatic carboxylic acids is 1. The maximum atomic E-state index is 10.8. The Morgan fingerprint density at radius 2 is 2.39 bits per heavy atom. The van der Waals surface area contributed by atoms with Crippen molar-refractivity contribution in [3.8, 4) is 0 Å². The molecule has 23 heavy (non-hydrogen) atoms. The zero-order valence-corrected chi connectivity index (χ0v) is 14.0. The van der Waals surface area contributed by atoms with E-state index in [0.717, 1.165) is 22.6 Å². The molecule has 1 fully saturated rings. The van der Waals surface area contributed by atoms with Crippen molar-refractivity contribution in [2.75, 3.05) is 44.7 Å². The molecule has 7 nitrogen and oxygen atoms in total. The number of ether oxygens (including phenoxy) is 1. The van der Waals surface area contributed by atoms with Crippen LogP contribution in [0.25, 0.3) is 10.2 Å². The van der Waals surface area contributed by atoms with E-state index in [-0.39, 0.29) is 12.6 Å². The van der Waals surface area contributed by atoms with Crippen LogP contribution >= 0.6 is 11.3 Å². The number of anilines is 1. The lowest BCUT2D eigenvalue weighted by Gasteiger charge is -2.35. The number of thiophene rings is 1. The molecule has 0 amide bonds. The molecule has 3 heterocycles. The Morgan fingerprint density at radius 1 is 1.57 bits per heavy atom. The summed E-state index contributed by atoms with van der Waals surface area (Å²) in [6.07, 6.45) is 1.58. The second kappa shape index (κ2) is 6.77. The summed E-state index contributed by atoms with van der Waals surface area (Å²) in [5.41, 5.74) is 2.17. The van der Waals surface area contributed by atoms with E-state index < -0.39 is 5.97 Å². The van der Waals surface area contributed by atoms with Crippen LogP contribution in [-0.2, 0) is 9.53 Å². The summed E-state index contributed by atoms with van der Waals surface area (Å²) < 4.78 is 6.88. The van der Waals surface area contributed by atoms with Crippen LogP contribution in [0.3, 0.4) is 0 Å². The summed E-state index contributed by atoms with van der Waals surface area (Å²) in [6.45, 7) is 4.75. The van der Waals surface area contributed by atoms with E-state index in [1.165, 1.54) is 5.56 Å². The van der Waals surface area contributed by atoms with Crippen LogP contribution in [0.4, 0.5) is 5.82 Å². The van der Waals surface area contributed by atoms with Gasteiger partial charge in [0.1, 0.15) is 12.1 Å². The highest BCUT2D eigenvalue weighted by Gasteiger charge is 2.25. The van der Waals surface area contributed by atoms with Gasteiger partial charge in [-0.15, -0.1) is 11.3 Å². The van der Waals surface area contributed by atoms with Gasteiger partial charge in [-0.3, -0.25) is 9.69 Å². The number of rotatable bonds is 5. The van der Waals surface area contributed by atoms with Gasteiger partial charge in [-0.25, -0.2) is 9.97 Å². The van der Waals surface area contributed by atoms with Crippen LogP contribution in [0.2, 0.25) is 0 Å². The van der Waals surface area contributed by atoms with Gasteiger partial charge >= 0.3 is 5.97 Å². The number of aryl methyl sites for hydroxylation is 1. The molecule has 0 bridgehead atoms. The second-order valence-corrected chi connectivity index (χ2v) is 6.70. The van der Waals surface area contributed by atoms with Crippen LogP contribution in [0.5, 0.6) is 0 Å². The monoisotopic (exact) mass is 336 g/mol. The molecule has 8 heteroatoms. The average molecular weight is 336 g/mol. The number of hydrogen-bond acceptors (Lipinski definition) is 7. The van der Waals surface area contributed by atoms with Gasteiger partial charge in [0, 0.05) is 19.6 Å². The lowest BCUT2D eigenvalue weighted by Crippen LogP contribution is -2.48. The van der Waals surface area contributed by atoms with Crippen molar-refractivity contribution in [3.05, 3.63) is 17.3 Å². The normalized spacial score (nSPS) is 18.7. The molecule has 1 aliphatic heterocycles. The third kappa shape index (κ3) is 3.60. The predicted molar refractivity (Wildman–Crippen MR) is 89.2 cm³/mol. The highest BCUT2D eigenvalue weighted by atomic mass is 32.1. The molecule has 0 saturated carbocycles. The fourth-order valence-electron chi connectivity index (χ4n) is 2.85. The van der Waals surface area contributed by atoms with E-state index in [1.807, 2.05) is 0 Å². The van der Waals surface area contributed by atoms with Crippen molar-refractivity contribution in [1.82, 2.24) is 14.9 Å². The Labute approximate surface area is 138 Å². The molecule has 0 aliphatic carbocycles. The lowest BCUT2D eigenvalue weighted by molar-refractivity contribution is -0.138. The van der Waals surface area contributed by atoms with Gasteiger partial charge < -0.3 is 14.7 Å². The van der Waals surface area contributed by atoms with Crippen LogP contribution in [0, 0.1) is 6.92 Å². The van der Waals surface area contributed by atoms with Gasteiger partial charge in [-0.05, 0) is 24.9 Å². The Morgan fingerprint density at radius 3 is 3.17 bits per heavy atom. The Bertz CT molecular complexity index is 705. The van der Waals surface area contributed by atoms with E-state index >= 15 is 0 Å². The van der Waals surface area contributed by atoms with Crippen molar-refractivity contribution in [3.63, 3.8) is 0 Å². The molecule has 3 rings (SSSR count). The fourth-order valence-corrected chi connectivity index (χ4v) is 3.87. The van der Waals surface area contributed by atoms with Gasteiger partial charge in [-0.2, -0.15) is 0 Å². The van der Waals surface area contributed by atoms with Gasteiger partial charge in [-0.1, -0.05) is 0 Å². The summed E-state index contributed by atoms with van der Waals surface area (Å²) in [7, 11) is 1.79. The highest BCUT2D eigenvalue weighted by Crippen LogP contribution is 2.31. The van der Waals surface area contributed by atoms with Crippen molar-refractivity contribution >= 4 is 33.3 Å². The third-order valence-corrected chi connectivity index (χ3v) is 4.95. The van der Waals surface area contributed by atoms with Gasteiger partial charge in [0.15, 0.2) is 0 Å². The standard InChI is InChI=1S/C15H20N4O3S/c1-10-8-23-14-13(10)16-9-17-15(14)19-3-4-22-11(6-19)5-18(2)7-12(20)21/h8-9,11H,3-7H2,1-2H3,(H,20,21). The van der Waals surface area contributed by atoms with Gasteiger partial charge in [0.05, 0.1) is 29.5 Å². The van der Waals surface area contributed by atoms with Crippen molar-refractivity contribution in [1.29, 1.82) is 0 Å². The molecule has 0 radical (unpaired) electrons. The van der Waals surface area contributed by atoms with E-state index in [1.54, 1.807) is 29.6 Å². The van der Waals surface area contributed by atoms with Crippen LogP contribution in [0.15, 0.2) is 11.7 Å².